The normalized spacial score (nSPS) is 11.4. The lowest BCUT2D eigenvalue weighted by Crippen LogP contribution is -2.06. The summed E-state index contributed by atoms with van der Waals surface area (Å²) in [6.45, 7) is 0. The smallest absolute Gasteiger partial charge is 0.164 e. The van der Waals surface area contributed by atoms with Gasteiger partial charge in [-0.2, -0.15) is 0 Å². The van der Waals surface area contributed by atoms with Crippen LogP contribution >= 0.6 is 21.6 Å². The van der Waals surface area contributed by atoms with Crippen molar-refractivity contribution in [2.45, 2.75) is 5.75 Å². The summed E-state index contributed by atoms with van der Waals surface area (Å²) in [5, 5.41) is 0.153. The number of methoxy groups -OCH3 is 1. The zero-order valence-electron chi connectivity index (χ0n) is 9.17. The van der Waals surface area contributed by atoms with Crippen molar-refractivity contribution in [1.82, 2.24) is 0 Å². The minimum atomic E-state index is -3.02. The van der Waals surface area contributed by atoms with E-state index in [0.717, 1.165) is 11.3 Å². The van der Waals surface area contributed by atoms with Gasteiger partial charge in [0.05, 0.1) is 12.9 Å². The Bertz CT molecular complexity index is 411. The monoisotopic (exact) mass is 278 g/mol. The molecule has 0 N–H and O–H groups in total. The van der Waals surface area contributed by atoms with Crippen LogP contribution in [0.4, 0.5) is 0 Å². The van der Waals surface area contributed by atoms with Gasteiger partial charge in [0.1, 0.15) is 10.8 Å². The van der Waals surface area contributed by atoms with Crippen LogP contribution in [0.25, 0.3) is 0 Å². The second-order valence-electron chi connectivity index (χ2n) is 3.14. The first-order chi connectivity index (χ1) is 7.57. The maximum atomic E-state index is 11.6. The van der Waals surface area contributed by atoms with Crippen LogP contribution in [0.15, 0.2) is 24.3 Å². The Hall–Kier alpha value is -0.330. The standard InChI is InChI=1S/C10H14O3S3/c1-13-10-5-3-9(4-6-10)7-16(11,12)8-15-14-2/h3-6H,7-8H2,1-2H3. The third-order valence-electron chi connectivity index (χ3n) is 1.89. The van der Waals surface area contributed by atoms with Crippen molar-refractivity contribution >= 4 is 31.4 Å². The maximum absolute atomic E-state index is 11.6. The number of hydrogen-bond donors (Lipinski definition) is 0. The molecule has 0 aliphatic carbocycles. The molecule has 0 amide bonds. The second-order valence-corrected chi connectivity index (χ2v) is 8.13. The first kappa shape index (κ1) is 13.7. The number of rotatable bonds is 6. The van der Waals surface area contributed by atoms with Crippen molar-refractivity contribution in [3.05, 3.63) is 29.8 Å². The molecule has 3 nitrogen and oxygen atoms in total. The Balaban J connectivity index is 2.65. The summed E-state index contributed by atoms with van der Waals surface area (Å²) in [6, 6.07) is 7.10. The molecule has 1 aromatic carbocycles. The van der Waals surface area contributed by atoms with Crippen molar-refractivity contribution < 1.29 is 13.2 Å². The Morgan fingerprint density at radius 2 is 1.88 bits per heavy atom. The summed E-state index contributed by atoms with van der Waals surface area (Å²) in [5.74, 6) is 0.824. The topological polar surface area (TPSA) is 43.4 Å². The molecule has 0 radical (unpaired) electrons. The highest BCUT2D eigenvalue weighted by molar-refractivity contribution is 8.77. The fourth-order valence-corrected chi connectivity index (χ4v) is 5.33. The first-order valence-electron chi connectivity index (χ1n) is 4.56. The number of sulfone groups is 1. The van der Waals surface area contributed by atoms with Crippen LogP contribution in [-0.4, -0.2) is 26.9 Å². The van der Waals surface area contributed by atoms with Crippen molar-refractivity contribution in [2.75, 3.05) is 18.5 Å². The molecule has 0 spiro atoms. The summed E-state index contributed by atoms with van der Waals surface area (Å²) in [4.78, 5) is 0. The van der Waals surface area contributed by atoms with E-state index >= 15 is 0 Å². The van der Waals surface area contributed by atoms with E-state index in [4.69, 9.17) is 4.74 Å². The Morgan fingerprint density at radius 1 is 1.25 bits per heavy atom. The van der Waals surface area contributed by atoms with Gasteiger partial charge in [-0.05, 0) is 24.0 Å². The second kappa shape index (κ2) is 6.42. The Labute approximate surface area is 104 Å². The molecular formula is C10H14O3S3. The third kappa shape index (κ3) is 4.67. The van der Waals surface area contributed by atoms with E-state index in [1.54, 1.807) is 31.4 Å². The molecule has 16 heavy (non-hydrogen) atoms. The molecule has 1 aromatic rings. The van der Waals surface area contributed by atoms with Gasteiger partial charge in [0, 0.05) is 0 Å². The molecule has 0 saturated carbocycles. The number of benzene rings is 1. The van der Waals surface area contributed by atoms with E-state index in [1.165, 1.54) is 21.6 Å². The van der Waals surface area contributed by atoms with Crippen molar-refractivity contribution in [1.29, 1.82) is 0 Å². The van der Waals surface area contributed by atoms with Crippen LogP contribution in [0.2, 0.25) is 0 Å². The van der Waals surface area contributed by atoms with Gasteiger partial charge in [-0.3, -0.25) is 0 Å². The molecule has 1 rings (SSSR count). The van der Waals surface area contributed by atoms with Crippen molar-refractivity contribution in [3.8, 4) is 5.75 Å². The van der Waals surface area contributed by atoms with E-state index in [9.17, 15) is 8.42 Å². The summed E-state index contributed by atoms with van der Waals surface area (Å²) >= 11 is 0. The zero-order chi connectivity index (χ0) is 12.0. The van der Waals surface area contributed by atoms with Gasteiger partial charge in [0.15, 0.2) is 9.84 Å². The molecule has 0 bridgehead atoms. The van der Waals surface area contributed by atoms with Gasteiger partial charge in [0.25, 0.3) is 0 Å². The molecule has 0 aliphatic rings. The van der Waals surface area contributed by atoms with Crippen molar-refractivity contribution in [3.63, 3.8) is 0 Å². The molecule has 0 atom stereocenters. The van der Waals surface area contributed by atoms with Crippen LogP contribution in [0.1, 0.15) is 5.56 Å². The molecule has 0 aromatic heterocycles. The third-order valence-corrected chi connectivity index (χ3v) is 6.29. The quantitative estimate of drug-likeness (QED) is 0.748. The van der Waals surface area contributed by atoms with Gasteiger partial charge in [0.2, 0.25) is 0 Å². The lowest BCUT2D eigenvalue weighted by Gasteiger charge is -2.04. The van der Waals surface area contributed by atoms with Crippen LogP contribution in [-0.2, 0) is 15.6 Å². The summed E-state index contributed by atoms with van der Waals surface area (Å²) in [5.41, 5.74) is 0.794. The average Bonchev–Trinajstić information content (AvgIpc) is 2.27. The lowest BCUT2D eigenvalue weighted by atomic mass is 10.2. The van der Waals surface area contributed by atoms with E-state index in [1.807, 2.05) is 6.26 Å². The highest BCUT2D eigenvalue weighted by Crippen LogP contribution is 2.21. The summed E-state index contributed by atoms with van der Waals surface area (Å²) in [6.07, 6.45) is 1.87. The molecule has 90 valence electrons. The summed E-state index contributed by atoms with van der Waals surface area (Å²) in [7, 11) is 1.38. The zero-order valence-corrected chi connectivity index (χ0v) is 11.6. The molecule has 6 heteroatoms. The Morgan fingerprint density at radius 3 is 2.38 bits per heavy atom. The van der Waals surface area contributed by atoms with Gasteiger partial charge in [-0.1, -0.05) is 33.7 Å². The minimum absolute atomic E-state index is 0.0879. The predicted molar refractivity (Wildman–Crippen MR) is 71.6 cm³/mol. The molecular weight excluding hydrogens is 264 g/mol. The SMILES string of the molecule is COc1ccc(CS(=O)(=O)CSSC)cc1. The van der Waals surface area contributed by atoms with Crippen LogP contribution in [0, 0.1) is 0 Å². The van der Waals surface area contributed by atoms with Crippen LogP contribution < -0.4 is 4.74 Å². The first-order valence-corrected chi connectivity index (χ1v) is 9.11. The van der Waals surface area contributed by atoms with E-state index in [2.05, 4.69) is 0 Å². The summed E-state index contributed by atoms with van der Waals surface area (Å²) < 4.78 is 28.3. The molecule has 0 fully saturated rings. The number of ether oxygens (including phenoxy) is 1. The number of hydrogen-bond acceptors (Lipinski definition) is 5. The van der Waals surface area contributed by atoms with E-state index < -0.39 is 9.84 Å². The van der Waals surface area contributed by atoms with Gasteiger partial charge < -0.3 is 4.74 Å². The average molecular weight is 278 g/mol. The van der Waals surface area contributed by atoms with Gasteiger partial charge in [-0.25, -0.2) is 8.42 Å². The van der Waals surface area contributed by atoms with E-state index in [-0.39, 0.29) is 10.8 Å². The highest BCUT2D eigenvalue weighted by Gasteiger charge is 2.11. The lowest BCUT2D eigenvalue weighted by molar-refractivity contribution is 0.414. The molecule has 0 unspecified atom stereocenters. The van der Waals surface area contributed by atoms with Gasteiger partial charge >= 0.3 is 0 Å². The molecule has 0 saturated heterocycles. The fraction of sp³-hybridized carbons (Fsp3) is 0.400. The van der Waals surface area contributed by atoms with Crippen LogP contribution in [0.5, 0.6) is 5.75 Å². The fourth-order valence-electron chi connectivity index (χ4n) is 1.14. The van der Waals surface area contributed by atoms with Crippen molar-refractivity contribution in [2.24, 2.45) is 0 Å². The predicted octanol–water partition coefficient (Wildman–Crippen LogP) is 2.58. The van der Waals surface area contributed by atoms with Gasteiger partial charge in [-0.15, -0.1) is 0 Å². The van der Waals surface area contributed by atoms with Crippen LogP contribution in [0.3, 0.4) is 0 Å². The largest absolute Gasteiger partial charge is 0.497 e. The molecule has 0 aliphatic heterocycles. The highest BCUT2D eigenvalue weighted by atomic mass is 33.1. The van der Waals surface area contributed by atoms with E-state index in [0.29, 0.717) is 0 Å². The molecule has 0 heterocycles. The maximum Gasteiger partial charge on any atom is 0.164 e. The minimum Gasteiger partial charge on any atom is -0.497 e. The Kier molecular flexibility index (Phi) is 5.51.